The summed E-state index contributed by atoms with van der Waals surface area (Å²) in [5.41, 5.74) is 0.967. The molecule has 1 aliphatic rings. The Kier molecular flexibility index (Phi) is 3.05. The van der Waals surface area contributed by atoms with Gasteiger partial charge in [-0.15, -0.1) is 0 Å². The van der Waals surface area contributed by atoms with E-state index in [2.05, 4.69) is 9.88 Å². The van der Waals surface area contributed by atoms with Crippen LogP contribution in [0.3, 0.4) is 0 Å². The molecule has 0 spiro atoms. The van der Waals surface area contributed by atoms with Gasteiger partial charge in [-0.3, -0.25) is 4.98 Å². The molecule has 1 aliphatic heterocycles. The van der Waals surface area contributed by atoms with Gasteiger partial charge in [0, 0.05) is 25.0 Å². The van der Waals surface area contributed by atoms with Crippen molar-refractivity contribution >= 4 is 11.7 Å². The summed E-state index contributed by atoms with van der Waals surface area (Å²) < 4.78 is 5.33. The number of carboxylic acid groups (broad SMARTS) is 1. The molecule has 2 rings (SSSR count). The molecule has 1 atom stereocenters. The number of hydrogen-bond donors (Lipinski definition) is 1. The predicted molar refractivity (Wildman–Crippen MR) is 58.8 cm³/mol. The van der Waals surface area contributed by atoms with Crippen molar-refractivity contribution in [2.75, 3.05) is 24.7 Å². The Morgan fingerprint density at radius 2 is 2.50 bits per heavy atom. The highest BCUT2D eigenvalue weighted by Gasteiger charge is 2.23. The van der Waals surface area contributed by atoms with Crippen molar-refractivity contribution < 1.29 is 14.6 Å². The van der Waals surface area contributed by atoms with Gasteiger partial charge in [-0.25, -0.2) is 4.79 Å². The van der Waals surface area contributed by atoms with Gasteiger partial charge in [-0.2, -0.15) is 0 Å². The highest BCUT2D eigenvalue weighted by Crippen LogP contribution is 2.23. The van der Waals surface area contributed by atoms with Crippen LogP contribution in [0.15, 0.2) is 18.5 Å². The Hall–Kier alpha value is -1.62. The standard InChI is InChI=1S/C11H14N2O3/c1-8-7-16-5-4-13(8)10-2-3-12-6-9(10)11(14)15/h2-3,6,8H,4-5,7H2,1H3,(H,14,15). The Balaban J connectivity index is 2.34. The molecule has 0 saturated carbocycles. The second-order valence-electron chi connectivity index (χ2n) is 3.82. The molecule has 0 radical (unpaired) electrons. The fourth-order valence-electron chi connectivity index (χ4n) is 1.89. The summed E-state index contributed by atoms with van der Waals surface area (Å²) in [7, 11) is 0. The number of aromatic carboxylic acids is 1. The number of anilines is 1. The molecular formula is C11H14N2O3. The molecule has 1 aromatic rings. The number of carboxylic acids is 1. The van der Waals surface area contributed by atoms with Gasteiger partial charge in [-0.05, 0) is 13.0 Å². The van der Waals surface area contributed by atoms with Gasteiger partial charge in [-0.1, -0.05) is 0 Å². The quantitative estimate of drug-likeness (QED) is 0.809. The van der Waals surface area contributed by atoms with Crippen molar-refractivity contribution in [1.82, 2.24) is 4.98 Å². The summed E-state index contributed by atoms with van der Waals surface area (Å²) in [6.07, 6.45) is 3.00. The zero-order valence-electron chi connectivity index (χ0n) is 9.09. The maximum absolute atomic E-state index is 11.1. The Bertz CT molecular complexity index is 395. The van der Waals surface area contributed by atoms with E-state index in [-0.39, 0.29) is 11.6 Å². The summed E-state index contributed by atoms with van der Waals surface area (Å²) in [5.74, 6) is -0.943. The SMILES string of the molecule is CC1COCCN1c1ccncc1C(=O)O. The monoisotopic (exact) mass is 222 g/mol. The predicted octanol–water partition coefficient (Wildman–Crippen LogP) is 1.00. The third-order valence-electron chi connectivity index (χ3n) is 2.71. The molecule has 0 bridgehead atoms. The molecule has 1 unspecified atom stereocenters. The molecule has 1 fully saturated rings. The van der Waals surface area contributed by atoms with E-state index in [1.165, 1.54) is 6.20 Å². The number of morpholine rings is 1. The van der Waals surface area contributed by atoms with Gasteiger partial charge in [0.05, 0.1) is 18.9 Å². The molecule has 0 aromatic carbocycles. The number of aromatic nitrogens is 1. The Morgan fingerprint density at radius 3 is 3.19 bits per heavy atom. The number of nitrogens with zero attached hydrogens (tertiary/aromatic N) is 2. The van der Waals surface area contributed by atoms with Crippen molar-refractivity contribution in [1.29, 1.82) is 0 Å². The smallest absolute Gasteiger partial charge is 0.339 e. The summed E-state index contributed by atoms with van der Waals surface area (Å²) >= 11 is 0. The van der Waals surface area contributed by atoms with Crippen molar-refractivity contribution in [3.05, 3.63) is 24.0 Å². The Labute approximate surface area is 93.7 Å². The fraction of sp³-hybridized carbons (Fsp3) is 0.455. The Morgan fingerprint density at radius 1 is 1.69 bits per heavy atom. The highest BCUT2D eigenvalue weighted by molar-refractivity contribution is 5.94. The number of pyridine rings is 1. The first-order chi connectivity index (χ1) is 7.70. The minimum absolute atomic E-state index is 0.189. The minimum atomic E-state index is -0.943. The third-order valence-corrected chi connectivity index (χ3v) is 2.71. The van der Waals surface area contributed by atoms with Gasteiger partial charge in [0.1, 0.15) is 5.56 Å². The van der Waals surface area contributed by atoms with Crippen LogP contribution < -0.4 is 4.90 Å². The highest BCUT2D eigenvalue weighted by atomic mass is 16.5. The largest absolute Gasteiger partial charge is 0.478 e. The molecule has 2 heterocycles. The van der Waals surface area contributed by atoms with Crippen molar-refractivity contribution in [2.24, 2.45) is 0 Å². The number of rotatable bonds is 2. The average molecular weight is 222 g/mol. The fourth-order valence-corrected chi connectivity index (χ4v) is 1.89. The van der Waals surface area contributed by atoms with Gasteiger partial charge in [0.15, 0.2) is 0 Å². The third kappa shape index (κ3) is 1.99. The zero-order chi connectivity index (χ0) is 11.5. The van der Waals surface area contributed by atoms with E-state index in [0.717, 1.165) is 5.69 Å². The average Bonchev–Trinajstić information content (AvgIpc) is 2.29. The lowest BCUT2D eigenvalue weighted by atomic mass is 10.1. The van der Waals surface area contributed by atoms with Crippen LogP contribution in [0.25, 0.3) is 0 Å². The van der Waals surface area contributed by atoms with Gasteiger partial charge < -0.3 is 14.7 Å². The first-order valence-corrected chi connectivity index (χ1v) is 5.22. The lowest BCUT2D eigenvalue weighted by molar-refractivity contribution is 0.0694. The van der Waals surface area contributed by atoms with Crippen LogP contribution in [-0.4, -0.2) is 41.9 Å². The van der Waals surface area contributed by atoms with E-state index >= 15 is 0 Å². The van der Waals surface area contributed by atoms with E-state index in [0.29, 0.717) is 19.8 Å². The molecular weight excluding hydrogens is 208 g/mol. The molecule has 1 aromatic heterocycles. The topological polar surface area (TPSA) is 62.7 Å². The van der Waals surface area contributed by atoms with Crippen molar-refractivity contribution in [3.8, 4) is 0 Å². The van der Waals surface area contributed by atoms with Crippen LogP contribution in [0.4, 0.5) is 5.69 Å². The molecule has 5 nitrogen and oxygen atoms in total. The zero-order valence-corrected chi connectivity index (χ0v) is 9.09. The van der Waals surface area contributed by atoms with Crippen LogP contribution in [0.2, 0.25) is 0 Å². The van der Waals surface area contributed by atoms with Gasteiger partial charge in [0.2, 0.25) is 0 Å². The first-order valence-electron chi connectivity index (χ1n) is 5.22. The maximum atomic E-state index is 11.1. The van der Waals surface area contributed by atoms with E-state index in [4.69, 9.17) is 9.84 Å². The summed E-state index contributed by atoms with van der Waals surface area (Å²) in [6, 6.07) is 1.93. The summed E-state index contributed by atoms with van der Waals surface area (Å²) in [5, 5.41) is 9.08. The van der Waals surface area contributed by atoms with E-state index < -0.39 is 5.97 Å². The van der Waals surface area contributed by atoms with Gasteiger partial charge in [0.25, 0.3) is 0 Å². The van der Waals surface area contributed by atoms with Crippen LogP contribution in [0.5, 0.6) is 0 Å². The van der Waals surface area contributed by atoms with E-state index in [9.17, 15) is 4.79 Å². The molecule has 0 amide bonds. The lowest BCUT2D eigenvalue weighted by Gasteiger charge is -2.35. The second kappa shape index (κ2) is 4.49. The summed E-state index contributed by atoms with van der Waals surface area (Å²) in [6.45, 7) is 3.99. The molecule has 16 heavy (non-hydrogen) atoms. The normalized spacial score (nSPS) is 20.8. The molecule has 1 saturated heterocycles. The van der Waals surface area contributed by atoms with E-state index in [1.807, 2.05) is 6.92 Å². The molecule has 86 valence electrons. The van der Waals surface area contributed by atoms with Crippen LogP contribution in [0.1, 0.15) is 17.3 Å². The minimum Gasteiger partial charge on any atom is -0.478 e. The van der Waals surface area contributed by atoms with Crippen molar-refractivity contribution in [3.63, 3.8) is 0 Å². The molecule has 1 N–H and O–H groups in total. The summed E-state index contributed by atoms with van der Waals surface area (Å²) in [4.78, 5) is 17.0. The van der Waals surface area contributed by atoms with Crippen molar-refractivity contribution in [2.45, 2.75) is 13.0 Å². The van der Waals surface area contributed by atoms with Crippen LogP contribution >= 0.6 is 0 Å². The molecule has 5 heteroatoms. The van der Waals surface area contributed by atoms with Gasteiger partial charge >= 0.3 is 5.97 Å². The second-order valence-corrected chi connectivity index (χ2v) is 3.82. The number of carbonyl (C=O) groups is 1. The molecule has 0 aliphatic carbocycles. The first kappa shape index (κ1) is 10.9. The number of hydrogen-bond acceptors (Lipinski definition) is 4. The van der Waals surface area contributed by atoms with E-state index in [1.54, 1.807) is 12.3 Å². The van der Waals surface area contributed by atoms with Crippen LogP contribution in [0, 0.1) is 0 Å². The maximum Gasteiger partial charge on any atom is 0.339 e. The van der Waals surface area contributed by atoms with Crippen LogP contribution in [-0.2, 0) is 4.74 Å². The number of ether oxygens (including phenoxy) is 1. The lowest BCUT2D eigenvalue weighted by Crippen LogP contribution is -2.44.